The van der Waals surface area contributed by atoms with E-state index in [4.69, 9.17) is 21.4 Å². The summed E-state index contributed by atoms with van der Waals surface area (Å²) in [5.41, 5.74) is 0.514. The molecule has 0 aliphatic carbocycles. The Bertz CT molecular complexity index is 580. The first-order valence-corrected chi connectivity index (χ1v) is 6.16. The molecule has 0 unspecified atom stereocenters. The molecular formula is C12H8BrClFNO2. The van der Waals surface area contributed by atoms with Gasteiger partial charge in [0, 0.05) is 17.8 Å². The van der Waals surface area contributed by atoms with Crippen LogP contribution in [0.15, 0.2) is 34.9 Å². The van der Waals surface area contributed by atoms with Gasteiger partial charge in [0.05, 0.1) is 16.1 Å². The fourth-order valence-electron chi connectivity index (χ4n) is 1.32. The minimum atomic E-state index is -0.587. The van der Waals surface area contributed by atoms with Crippen molar-refractivity contribution in [3.8, 4) is 11.6 Å². The number of ether oxygens (including phenoxy) is 1. The van der Waals surface area contributed by atoms with Gasteiger partial charge in [0.15, 0.2) is 0 Å². The molecule has 0 aliphatic rings. The second kappa shape index (κ2) is 5.65. The van der Waals surface area contributed by atoms with Crippen molar-refractivity contribution >= 4 is 27.5 Å². The topological polar surface area (TPSA) is 42.4 Å². The Kier molecular flexibility index (Phi) is 4.16. The molecule has 0 atom stereocenters. The SMILES string of the molecule is OCc1cccnc1Oc1cc(F)c(Cl)cc1Br. The normalized spacial score (nSPS) is 10.4. The van der Waals surface area contributed by atoms with Gasteiger partial charge in [-0.05, 0) is 34.1 Å². The molecule has 0 spiro atoms. The van der Waals surface area contributed by atoms with Crippen LogP contribution in [0.1, 0.15) is 5.56 Å². The second-order valence-electron chi connectivity index (χ2n) is 3.42. The zero-order valence-corrected chi connectivity index (χ0v) is 11.4. The highest BCUT2D eigenvalue weighted by Crippen LogP contribution is 2.34. The van der Waals surface area contributed by atoms with Crippen molar-refractivity contribution in [2.24, 2.45) is 0 Å². The molecule has 3 nitrogen and oxygen atoms in total. The molecule has 0 amide bonds. The van der Waals surface area contributed by atoms with Gasteiger partial charge in [-0.1, -0.05) is 11.6 Å². The van der Waals surface area contributed by atoms with E-state index in [9.17, 15) is 4.39 Å². The van der Waals surface area contributed by atoms with Crippen LogP contribution in [0, 0.1) is 5.82 Å². The first-order valence-electron chi connectivity index (χ1n) is 4.99. The minimum absolute atomic E-state index is 0.00220. The van der Waals surface area contributed by atoms with Crippen molar-refractivity contribution in [1.29, 1.82) is 0 Å². The van der Waals surface area contributed by atoms with Crippen LogP contribution < -0.4 is 4.74 Å². The summed E-state index contributed by atoms with van der Waals surface area (Å²) >= 11 is 8.85. The fraction of sp³-hybridized carbons (Fsp3) is 0.0833. The largest absolute Gasteiger partial charge is 0.437 e. The van der Waals surface area contributed by atoms with E-state index in [0.29, 0.717) is 10.0 Å². The predicted octanol–water partition coefficient (Wildman–Crippen LogP) is 3.92. The summed E-state index contributed by atoms with van der Waals surface area (Å²) in [5, 5.41) is 9.14. The molecule has 0 bridgehead atoms. The van der Waals surface area contributed by atoms with E-state index < -0.39 is 5.82 Å². The lowest BCUT2D eigenvalue weighted by atomic mass is 10.3. The summed E-state index contributed by atoms with van der Waals surface area (Å²) in [6.07, 6.45) is 1.52. The Morgan fingerprint density at radius 2 is 2.22 bits per heavy atom. The number of hydrogen-bond acceptors (Lipinski definition) is 3. The summed E-state index contributed by atoms with van der Waals surface area (Å²) in [5.74, 6) is -0.121. The number of aliphatic hydroxyl groups excluding tert-OH is 1. The quantitative estimate of drug-likeness (QED) is 0.866. The number of aromatic nitrogens is 1. The van der Waals surface area contributed by atoms with Gasteiger partial charge in [0.25, 0.3) is 0 Å². The Morgan fingerprint density at radius 1 is 1.44 bits per heavy atom. The van der Waals surface area contributed by atoms with Gasteiger partial charge in [-0.25, -0.2) is 9.37 Å². The molecule has 0 saturated carbocycles. The van der Waals surface area contributed by atoms with Crippen LogP contribution in [0.3, 0.4) is 0 Å². The van der Waals surface area contributed by atoms with Gasteiger partial charge in [-0.3, -0.25) is 0 Å². The van der Waals surface area contributed by atoms with E-state index in [1.54, 1.807) is 12.1 Å². The van der Waals surface area contributed by atoms with E-state index in [1.165, 1.54) is 12.3 Å². The minimum Gasteiger partial charge on any atom is -0.437 e. The monoisotopic (exact) mass is 331 g/mol. The van der Waals surface area contributed by atoms with Gasteiger partial charge >= 0.3 is 0 Å². The third-order valence-electron chi connectivity index (χ3n) is 2.20. The average Bonchev–Trinajstić information content (AvgIpc) is 2.36. The lowest BCUT2D eigenvalue weighted by molar-refractivity contribution is 0.275. The first kappa shape index (κ1) is 13.3. The van der Waals surface area contributed by atoms with Crippen LogP contribution in [0.5, 0.6) is 11.6 Å². The number of benzene rings is 1. The summed E-state index contributed by atoms with van der Waals surface area (Å²) in [4.78, 5) is 3.98. The summed E-state index contributed by atoms with van der Waals surface area (Å²) in [6, 6.07) is 5.90. The molecule has 1 heterocycles. The van der Waals surface area contributed by atoms with Gasteiger partial charge in [0.1, 0.15) is 11.6 Å². The molecule has 0 saturated heterocycles. The van der Waals surface area contributed by atoms with Crippen LogP contribution in [0.25, 0.3) is 0 Å². The number of rotatable bonds is 3. The van der Waals surface area contributed by atoms with Crippen molar-refractivity contribution in [2.75, 3.05) is 0 Å². The molecular weight excluding hydrogens is 324 g/mol. The van der Waals surface area contributed by atoms with Crippen molar-refractivity contribution in [3.63, 3.8) is 0 Å². The zero-order chi connectivity index (χ0) is 13.1. The number of pyridine rings is 1. The van der Waals surface area contributed by atoms with E-state index in [-0.39, 0.29) is 23.3 Å². The van der Waals surface area contributed by atoms with Crippen molar-refractivity contribution in [3.05, 3.63) is 51.3 Å². The van der Waals surface area contributed by atoms with Crippen molar-refractivity contribution in [2.45, 2.75) is 6.61 Å². The zero-order valence-electron chi connectivity index (χ0n) is 9.03. The van der Waals surface area contributed by atoms with E-state index in [0.717, 1.165) is 6.07 Å². The summed E-state index contributed by atoms with van der Waals surface area (Å²) in [7, 11) is 0. The maximum absolute atomic E-state index is 13.3. The van der Waals surface area contributed by atoms with Crippen LogP contribution in [0.2, 0.25) is 5.02 Å². The van der Waals surface area contributed by atoms with Gasteiger partial charge in [0.2, 0.25) is 5.88 Å². The molecule has 94 valence electrons. The third kappa shape index (κ3) is 2.80. The highest BCUT2D eigenvalue weighted by atomic mass is 79.9. The fourth-order valence-corrected chi connectivity index (χ4v) is 2.04. The van der Waals surface area contributed by atoms with Crippen molar-refractivity contribution < 1.29 is 14.2 Å². The molecule has 1 N–H and O–H groups in total. The standard InChI is InChI=1S/C12H8BrClFNO2/c13-8-4-9(14)10(15)5-11(8)18-12-7(6-17)2-1-3-16-12/h1-5,17H,6H2. The smallest absolute Gasteiger partial charge is 0.224 e. The van der Waals surface area contributed by atoms with E-state index >= 15 is 0 Å². The maximum atomic E-state index is 13.3. The molecule has 0 fully saturated rings. The molecule has 1 aromatic heterocycles. The lowest BCUT2D eigenvalue weighted by Crippen LogP contribution is -1.95. The van der Waals surface area contributed by atoms with E-state index in [1.807, 2.05) is 0 Å². The molecule has 0 radical (unpaired) electrons. The number of aliphatic hydroxyl groups is 1. The summed E-state index contributed by atoms with van der Waals surface area (Å²) in [6.45, 7) is -0.211. The lowest BCUT2D eigenvalue weighted by Gasteiger charge is -2.10. The Hall–Kier alpha value is -1.17. The molecule has 0 aliphatic heterocycles. The molecule has 1 aromatic carbocycles. The second-order valence-corrected chi connectivity index (χ2v) is 4.69. The van der Waals surface area contributed by atoms with Crippen molar-refractivity contribution in [1.82, 2.24) is 4.98 Å². The maximum Gasteiger partial charge on any atom is 0.224 e. The number of hydrogen-bond donors (Lipinski definition) is 1. The van der Waals surface area contributed by atoms with Gasteiger partial charge < -0.3 is 9.84 Å². The number of nitrogens with zero attached hydrogens (tertiary/aromatic N) is 1. The predicted molar refractivity (Wildman–Crippen MR) is 69.3 cm³/mol. The molecule has 6 heteroatoms. The van der Waals surface area contributed by atoms with Crippen LogP contribution in [-0.4, -0.2) is 10.1 Å². The third-order valence-corrected chi connectivity index (χ3v) is 3.11. The Balaban J connectivity index is 2.37. The average molecular weight is 333 g/mol. The number of halogens is 3. The van der Waals surface area contributed by atoms with Gasteiger partial charge in [-0.2, -0.15) is 0 Å². The summed E-state index contributed by atoms with van der Waals surface area (Å²) < 4.78 is 19.3. The Morgan fingerprint density at radius 3 is 2.94 bits per heavy atom. The highest BCUT2D eigenvalue weighted by molar-refractivity contribution is 9.10. The Labute approximate surface area is 116 Å². The molecule has 18 heavy (non-hydrogen) atoms. The van der Waals surface area contributed by atoms with E-state index in [2.05, 4.69) is 20.9 Å². The van der Waals surface area contributed by atoms with Crippen LogP contribution in [-0.2, 0) is 6.61 Å². The molecule has 2 rings (SSSR count). The van der Waals surface area contributed by atoms with Crippen LogP contribution in [0.4, 0.5) is 4.39 Å². The molecule has 2 aromatic rings. The van der Waals surface area contributed by atoms with Gasteiger partial charge in [-0.15, -0.1) is 0 Å². The highest BCUT2D eigenvalue weighted by Gasteiger charge is 2.11. The first-order chi connectivity index (χ1) is 8.61. The van der Waals surface area contributed by atoms with Crippen LogP contribution >= 0.6 is 27.5 Å².